The van der Waals surface area contributed by atoms with Gasteiger partial charge in [0.05, 0.1) is 0 Å². The molecular weight excluding hydrogens is 156 g/mol. The lowest BCUT2D eigenvalue weighted by Gasteiger charge is -1.89. The van der Waals surface area contributed by atoms with Crippen molar-refractivity contribution in [3.8, 4) is 0 Å². The van der Waals surface area contributed by atoms with Gasteiger partial charge in [-0.3, -0.25) is 0 Å². The molecule has 0 aromatic heterocycles. The molecule has 0 radical (unpaired) electrons. The summed E-state index contributed by atoms with van der Waals surface area (Å²) >= 11 is 0. The normalized spacial score (nSPS) is 11.1. The van der Waals surface area contributed by atoms with E-state index in [0.29, 0.717) is 0 Å². The van der Waals surface area contributed by atoms with Crippen LogP contribution in [-0.2, 0) is 0 Å². The molecule has 0 fully saturated rings. The van der Waals surface area contributed by atoms with Crippen LogP contribution in [-0.4, -0.2) is 0 Å². The van der Waals surface area contributed by atoms with Crippen LogP contribution in [0.3, 0.4) is 0 Å². The molecule has 1 rings (SSSR count). The molecule has 1 aromatic rings. The first-order valence-electron chi connectivity index (χ1n) is 4.42. The highest BCUT2D eigenvalue weighted by Crippen LogP contribution is 2.01. The highest BCUT2D eigenvalue weighted by atomic mass is 13.9. The number of rotatable bonds is 4. The standard InChI is InChI=1S/C13H14/c1-2-3-4-5-7-10-13-11-8-6-9-12-13/h2-4,6-12H,1,5H2. The van der Waals surface area contributed by atoms with Gasteiger partial charge in [-0.1, -0.05) is 67.3 Å². The van der Waals surface area contributed by atoms with Gasteiger partial charge < -0.3 is 0 Å². The van der Waals surface area contributed by atoms with E-state index < -0.39 is 0 Å². The topological polar surface area (TPSA) is 0 Å². The Morgan fingerprint density at radius 1 is 1.08 bits per heavy atom. The number of hydrogen-bond acceptors (Lipinski definition) is 0. The molecule has 0 heteroatoms. The van der Waals surface area contributed by atoms with Crippen LogP contribution in [0.25, 0.3) is 6.08 Å². The smallest absolute Gasteiger partial charge is 0.0163 e. The molecule has 0 N–H and O–H groups in total. The van der Waals surface area contributed by atoms with Gasteiger partial charge in [0, 0.05) is 0 Å². The SMILES string of the molecule is C=CC=CCC=Cc1ccccc1. The molecule has 0 saturated heterocycles. The summed E-state index contributed by atoms with van der Waals surface area (Å²) in [5.41, 5.74) is 1.24. The average molecular weight is 170 g/mol. The second-order valence-electron chi connectivity index (χ2n) is 2.71. The number of allylic oxidation sites excluding steroid dienone is 4. The summed E-state index contributed by atoms with van der Waals surface area (Å²) in [6, 6.07) is 10.3. The second kappa shape index (κ2) is 6.01. The molecule has 0 aliphatic heterocycles. The first-order valence-corrected chi connectivity index (χ1v) is 4.42. The zero-order chi connectivity index (χ0) is 9.36. The Kier molecular flexibility index (Phi) is 4.41. The van der Waals surface area contributed by atoms with E-state index in [1.807, 2.05) is 24.3 Å². The maximum atomic E-state index is 3.61. The van der Waals surface area contributed by atoms with E-state index in [2.05, 4.69) is 36.9 Å². The zero-order valence-electron chi connectivity index (χ0n) is 7.69. The van der Waals surface area contributed by atoms with Crippen LogP contribution < -0.4 is 0 Å². The van der Waals surface area contributed by atoms with E-state index in [4.69, 9.17) is 0 Å². The summed E-state index contributed by atoms with van der Waals surface area (Å²) in [5, 5.41) is 0. The molecule has 0 heterocycles. The quantitative estimate of drug-likeness (QED) is 0.602. The Hall–Kier alpha value is -1.56. The van der Waals surface area contributed by atoms with Crippen molar-refractivity contribution in [2.45, 2.75) is 6.42 Å². The monoisotopic (exact) mass is 170 g/mol. The third-order valence-corrected chi connectivity index (χ3v) is 1.65. The van der Waals surface area contributed by atoms with Gasteiger partial charge in [0.15, 0.2) is 0 Å². The summed E-state index contributed by atoms with van der Waals surface area (Å²) < 4.78 is 0. The molecule has 0 atom stereocenters. The molecular formula is C13H14. The van der Waals surface area contributed by atoms with Crippen molar-refractivity contribution in [3.05, 3.63) is 66.8 Å². The van der Waals surface area contributed by atoms with Gasteiger partial charge in [-0.15, -0.1) is 0 Å². The van der Waals surface area contributed by atoms with E-state index in [-0.39, 0.29) is 0 Å². The van der Waals surface area contributed by atoms with Crippen LogP contribution in [0.2, 0.25) is 0 Å². The van der Waals surface area contributed by atoms with Gasteiger partial charge in [-0.25, -0.2) is 0 Å². The minimum Gasteiger partial charge on any atom is -0.0991 e. The molecule has 0 amide bonds. The van der Waals surface area contributed by atoms with Crippen LogP contribution in [0.15, 0.2) is 61.2 Å². The van der Waals surface area contributed by atoms with Crippen LogP contribution in [0.1, 0.15) is 12.0 Å². The highest BCUT2D eigenvalue weighted by molar-refractivity contribution is 5.48. The Labute approximate surface area is 79.9 Å². The predicted molar refractivity (Wildman–Crippen MR) is 59.4 cm³/mol. The summed E-state index contributed by atoms with van der Waals surface area (Å²) in [6.07, 6.45) is 11.0. The van der Waals surface area contributed by atoms with Crippen LogP contribution >= 0.6 is 0 Å². The third-order valence-electron chi connectivity index (χ3n) is 1.65. The van der Waals surface area contributed by atoms with Crippen molar-refractivity contribution in [3.63, 3.8) is 0 Å². The van der Waals surface area contributed by atoms with E-state index in [1.165, 1.54) is 5.56 Å². The molecule has 0 unspecified atom stereocenters. The van der Waals surface area contributed by atoms with E-state index in [9.17, 15) is 0 Å². The minimum absolute atomic E-state index is 0.959. The number of benzene rings is 1. The van der Waals surface area contributed by atoms with Gasteiger partial charge in [0.25, 0.3) is 0 Å². The van der Waals surface area contributed by atoms with Crippen molar-refractivity contribution in [2.24, 2.45) is 0 Å². The lowest BCUT2D eigenvalue weighted by atomic mass is 10.2. The molecule has 13 heavy (non-hydrogen) atoms. The lowest BCUT2D eigenvalue weighted by molar-refractivity contribution is 1.41. The summed E-state index contributed by atoms with van der Waals surface area (Å²) in [4.78, 5) is 0. The Balaban J connectivity index is 2.41. The van der Waals surface area contributed by atoms with Gasteiger partial charge in [-0.2, -0.15) is 0 Å². The largest absolute Gasteiger partial charge is 0.0991 e. The molecule has 0 bridgehead atoms. The molecule has 0 saturated carbocycles. The highest BCUT2D eigenvalue weighted by Gasteiger charge is 1.80. The lowest BCUT2D eigenvalue weighted by Crippen LogP contribution is -1.67. The predicted octanol–water partition coefficient (Wildman–Crippen LogP) is 3.83. The first-order chi connectivity index (χ1) is 6.43. The van der Waals surface area contributed by atoms with Crippen molar-refractivity contribution in [1.82, 2.24) is 0 Å². The molecule has 1 aromatic carbocycles. The van der Waals surface area contributed by atoms with Gasteiger partial charge in [-0.05, 0) is 12.0 Å². The molecule has 0 aliphatic rings. The number of hydrogen-bond donors (Lipinski definition) is 0. The molecule has 0 spiro atoms. The zero-order valence-corrected chi connectivity index (χ0v) is 7.69. The van der Waals surface area contributed by atoms with Crippen LogP contribution in [0, 0.1) is 0 Å². The van der Waals surface area contributed by atoms with Crippen LogP contribution in [0.5, 0.6) is 0 Å². The fourth-order valence-electron chi connectivity index (χ4n) is 1.02. The summed E-state index contributed by atoms with van der Waals surface area (Å²) in [5.74, 6) is 0. The maximum Gasteiger partial charge on any atom is -0.0163 e. The van der Waals surface area contributed by atoms with Gasteiger partial charge >= 0.3 is 0 Å². The van der Waals surface area contributed by atoms with Gasteiger partial charge in [0.1, 0.15) is 0 Å². The fourth-order valence-corrected chi connectivity index (χ4v) is 1.02. The fraction of sp³-hybridized carbons (Fsp3) is 0.0769. The Bertz CT molecular complexity index is 291. The van der Waals surface area contributed by atoms with E-state index in [0.717, 1.165) is 6.42 Å². The second-order valence-corrected chi connectivity index (χ2v) is 2.71. The van der Waals surface area contributed by atoms with Crippen molar-refractivity contribution in [1.29, 1.82) is 0 Å². The van der Waals surface area contributed by atoms with Gasteiger partial charge in [0.2, 0.25) is 0 Å². The van der Waals surface area contributed by atoms with Crippen molar-refractivity contribution in [2.75, 3.05) is 0 Å². The molecule has 66 valence electrons. The van der Waals surface area contributed by atoms with E-state index in [1.54, 1.807) is 6.08 Å². The van der Waals surface area contributed by atoms with E-state index >= 15 is 0 Å². The van der Waals surface area contributed by atoms with Crippen molar-refractivity contribution >= 4 is 6.08 Å². The molecule has 0 nitrogen and oxygen atoms in total. The maximum absolute atomic E-state index is 3.61. The first kappa shape index (κ1) is 9.53. The summed E-state index contributed by atoms with van der Waals surface area (Å²) in [7, 11) is 0. The van der Waals surface area contributed by atoms with Crippen LogP contribution in [0.4, 0.5) is 0 Å². The minimum atomic E-state index is 0.959. The third kappa shape index (κ3) is 4.12. The van der Waals surface area contributed by atoms with Crippen molar-refractivity contribution < 1.29 is 0 Å². The summed E-state index contributed by atoms with van der Waals surface area (Å²) in [6.45, 7) is 3.61. The Morgan fingerprint density at radius 2 is 1.85 bits per heavy atom. The average Bonchev–Trinajstić information content (AvgIpc) is 2.19. The Morgan fingerprint density at radius 3 is 2.54 bits per heavy atom. The molecule has 0 aliphatic carbocycles.